The summed E-state index contributed by atoms with van der Waals surface area (Å²) in [5, 5.41) is 0. The summed E-state index contributed by atoms with van der Waals surface area (Å²) in [4.78, 5) is 4.88. The zero-order valence-electron chi connectivity index (χ0n) is 16.2. The van der Waals surface area contributed by atoms with Crippen LogP contribution in [-0.4, -0.2) is 16.2 Å². The molecule has 0 fully saturated rings. The van der Waals surface area contributed by atoms with E-state index in [-0.39, 0.29) is 0 Å². The lowest BCUT2D eigenvalue weighted by Gasteiger charge is -2.11. The van der Waals surface area contributed by atoms with Gasteiger partial charge in [-0.15, -0.1) is 0 Å². The lowest BCUT2D eigenvalue weighted by Crippen LogP contribution is -2.06. The fraction of sp³-hybridized carbons (Fsp3) is 0.208. The Morgan fingerprint density at radius 3 is 2.61 bits per heavy atom. The summed E-state index contributed by atoms with van der Waals surface area (Å²) in [5.74, 6) is 1.93. The van der Waals surface area contributed by atoms with Crippen LogP contribution in [0.3, 0.4) is 0 Å². The summed E-state index contributed by atoms with van der Waals surface area (Å²) in [5.41, 5.74) is 5.84. The Labute approximate surface area is 174 Å². The molecule has 4 heteroatoms. The van der Waals surface area contributed by atoms with Crippen LogP contribution in [0.25, 0.3) is 22.4 Å². The van der Waals surface area contributed by atoms with Gasteiger partial charge in [0, 0.05) is 16.6 Å². The van der Waals surface area contributed by atoms with Gasteiger partial charge in [0.05, 0.1) is 17.6 Å². The average Bonchev–Trinajstić information content (AvgIpc) is 3.07. The summed E-state index contributed by atoms with van der Waals surface area (Å²) >= 11 is 3.57. The van der Waals surface area contributed by atoms with E-state index in [2.05, 4.69) is 76.8 Å². The van der Waals surface area contributed by atoms with Crippen molar-refractivity contribution in [2.24, 2.45) is 0 Å². The maximum absolute atomic E-state index is 5.98. The molecule has 4 rings (SSSR count). The van der Waals surface area contributed by atoms with E-state index < -0.39 is 0 Å². The van der Waals surface area contributed by atoms with Crippen molar-refractivity contribution in [2.75, 3.05) is 6.61 Å². The van der Waals surface area contributed by atoms with Gasteiger partial charge in [-0.1, -0.05) is 46.3 Å². The molecule has 3 aromatic carbocycles. The number of para-hydroxylation sites is 2. The van der Waals surface area contributed by atoms with Crippen LogP contribution < -0.4 is 4.74 Å². The summed E-state index contributed by atoms with van der Waals surface area (Å²) in [6.07, 6.45) is 0.911. The van der Waals surface area contributed by atoms with Crippen molar-refractivity contribution in [3.63, 3.8) is 0 Å². The van der Waals surface area contributed by atoms with E-state index in [1.54, 1.807) is 0 Å². The number of hydrogen-bond donors (Lipinski definition) is 0. The third kappa shape index (κ3) is 3.97. The van der Waals surface area contributed by atoms with Crippen LogP contribution in [0.15, 0.2) is 71.2 Å². The molecule has 0 atom stereocenters. The van der Waals surface area contributed by atoms with E-state index in [0.29, 0.717) is 6.61 Å². The molecule has 0 unspecified atom stereocenters. The van der Waals surface area contributed by atoms with Crippen molar-refractivity contribution in [3.05, 3.63) is 82.3 Å². The second kappa shape index (κ2) is 8.19. The Hall–Kier alpha value is -2.59. The molecule has 0 saturated carbocycles. The number of aryl methyl sites for hydroxylation is 3. The number of halogens is 1. The van der Waals surface area contributed by atoms with E-state index in [0.717, 1.165) is 45.6 Å². The number of imidazole rings is 1. The van der Waals surface area contributed by atoms with Crippen LogP contribution >= 0.6 is 15.9 Å². The highest BCUT2D eigenvalue weighted by Gasteiger charge is 2.12. The van der Waals surface area contributed by atoms with Gasteiger partial charge in [0.2, 0.25) is 0 Å². The first-order valence-electron chi connectivity index (χ1n) is 9.53. The van der Waals surface area contributed by atoms with Gasteiger partial charge in [0.1, 0.15) is 11.6 Å². The Bertz CT molecular complexity index is 1120. The van der Waals surface area contributed by atoms with E-state index in [9.17, 15) is 0 Å². The maximum Gasteiger partial charge on any atom is 0.141 e. The molecule has 0 saturated heterocycles. The fourth-order valence-electron chi connectivity index (χ4n) is 3.37. The predicted octanol–water partition coefficient (Wildman–Crippen LogP) is 6.55. The molecule has 0 bridgehead atoms. The second-order valence-corrected chi connectivity index (χ2v) is 7.95. The minimum atomic E-state index is 0.674. The van der Waals surface area contributed by atoms with Crippen molar-refractivity contribution in [3.8, 4) is 17.1 Å². The van der Waals surface area contributed by atoms with Crippen LogP contribution in [-0.2, 0) is 6.54 Å². The molecule has 0 aliphatic rings. The van der Waals surface area contributed by atoms with Crippen molar-refractivity contribution >= 4 is 27.0 Å². The first-order valence-corrected chi connectivity index (χ1v) is 10.3. The molecule has 1 heterocycles. The number of nitrogens with zero attached hydrogens (tertiary/aromatic N) is 2. The molecule has 0 amide bonds. The van der Waals surface area contributed by atoms with Crippen molar-refractivity contribution < 1.29 is 4.74 Å². The van der Waals surface area contributed by atoms with Crippen LogP contribution in [0.5, 0.6) is 5.75 Å². The minimum absolute atomic E-state index is 0.674. The summed E-state index contributed by atoms with van der Waals surface area (Å²) in [7, 11) is 0. The van der Waals surface area contributed by atoms with Gasteiger partial charge < -0.3 is 9.30 Å². The molecule has 0 aliphatic carbocycles. The Kier molecular flexibility index (Phi) is 5.49. The standard InChI is InChI=1S/C24H23BrN2O/c1-17-11-12-21(15-18(17)2)28-14-6-13-27-23-10-4-3-9-22(23)26-24(27)19-7-5-8-20(25)16-19/h3-5,7-12,15-16H,6,13-14H2,1-2H3. The zero-order valence-corrected chi connectivity index (χ0v) is 17.7. The van der Waals surface area contributed by atoms with Gasteiger partial charge in [-0.05, 0) is 67.8 Å². The summed E-state index contributed by atoms with van der Waals surface area (Å²) in [6.45, 7) is 5.76. The minimum Gasteiger partial charge on any atom is -0.494 e. The Morgan fingerprint density at radius 1 is 0.929 bits per heavy atom. The molecule has 4 aromatic rings. The van der Waals surface area contributed by atoms with Gasteiger partial charge in [0.15, 0.2) is 0 Å². The van der Waals surface area contributed by atoms with Gasteiger partial charge >= 0.3 is 0 Å². The summed E-state index contributed by atoms with van der Waals surface area (Å²) in [6, 6.07) is 22.9. The molecule has 1 aromatic heterocycles. The number of aromatic nitrogens is 2. The highest BCUT2D eigenvalue weighted by atomic mass is 79.9. The monoisotopic (exact) mass is 434 g/mol. The Morgan fingerprint density at radius 2 is 1.79 bits per heavy atom. The largest absolute Gasteiger partial charge is 0.494 e. The van der Waals surface area contributed by atoms with Gasteiger partial charge in [-0.2, -0.15) is 0 Å². The number of rotatable bonds is 6. The topological polar surface area (TPSA) is 27.1 Å². The highest BCUT2D eigenvalue weighted by molar-refractivity contribution is 9.10. The van der Waals surface area contributed by atoms with Crippen molar-refractivity contribution in [2.45, 2.75) is 26.8 Å². The average molecular weight is 435 g/mol. The third-order valence-corrected chi connectivity index (χ3v) is 5.50. The number of hydrogen-bond acceptors (Lipinski definition) is 2. The van der Waals surface area contributed by atoms with Crippen LogP contribution in [0.4, 0.5) is 0 Å². The first kappa shape index (κ1) is 18.8. The van der Waals surface area contributed by atoms with E-state index in [1.165, 1.54) is 11.1 Å². The quantitative estimate of drug-likeness (QED) is 0.321. The van der Waals surface area contributed by atoms with E-state index >= 15 is 0 Å². The normalized spacial score (nSPS) is 11.1. The van der Waals surface area contributed by atoms with Gasteiger partial charge in [0.25, 0.3) is 0 Å². The molecule has 0 spiro atoms. The van der Waals surface area contributed by atoms with Crippen LogP contribution in [0, 0.1) is 13.8 Å². The molecule has 28 heavy (non-hydrogen) atoms. The number of ether oxygens (including phenoxy) is 1. The molecule has 0 radical (unpaired) electrons. The zero-order chi connectivity index (χ0) is 19.5. The van der Waals surface area contributed by atoms with Crippen molar-refractivity contribution in [1.82, 2.24) is 9.55 Å². The van der Waals surface area contributed by atoms with E-state index in [1.807, 2.05) is 24.3 Å². The van der Waals surface area contributed by atoms with E-state index in [4.69, 9.17) is 9.72 Å². The Balaban J connectivity index is 1.54. The molecular weight excluding hydrogens is 412 g/mol. The lowest BCUT2D eigenvalue weighted by atomic mass is 10.1. The molecule has 3 nitrogen and oxygen atoms in total. The number of benzene rings is 3. The first-order chi connectivity index (χ1) is 13.6. The predicted molar refractivity (Wildman–Crippen MR) is 119 cm³/mol. The van der Waals surface area contributed by atoms with Crippen LogP contribution in [0.1, 0.15) is 17.5 Å². The van der Waals surface area contributed by atoms with Gasteiger partial charge in [-0.25, -0.2) is 4.98 Å². The highest BCUT2D eigenvalue weighted by Crippen LogP contribution is 2.27. The van der Waals surface area contributed by atoms with Crippen LogP contribution in [0.2, 0.25) is 0 Å². The summed E-state index contributed by atoms with van der Waals surface area (Å²) < 4.78 is 9.33. The fourth-order valence-corrected chi connectivity index (χ4v) is 3.77. The maximum atomic E-state index is 5.98. The molecule has 0 N–H and O–H groups in total. The third-order valence-electron chi connectivity index (χ3n) is 5.01. The SMILES string of the molecule is Cc1ccc(OCCCn2c(-c3cccc(Br)c3)nc3ccccc32)cc1C. The van der Waals surface area contributed by atoms with Gasteiger partial charge in [-0.3, -0.25) is 0 Å². The smallest absolute Gasteiger partial charge is 0.141 e. The molecular formula is C24H23BrN2O. The number of fused-ring (bicyclic) bond motifs is 1. The lowest BCUT2D eigenvalue weighted by molar-refractivity contribution is 0.302. The second-order valence-electron chi connectivity index (χ2n) is 7.03. The molecule has 142 valence electrons. The molecule has 0 aliphatic heterocycles. The van der Waals surface area contributed by atoms with Crippen molar-refractivity contribution in [1.29, 1.82) is 0 Å².